The Labute approximate surface area is 65.7 Å². The van der Waals surface area contributed by atoms with Crippen LogP contribution in [0.1, 0.15) is 6.92 Å². The molecule has 2 unspecified atom stereocenters. The van der Waals surface area contributed by atoms with E-state index in [0.29, 0.717) is 19.9 Å². The van der Waals surface area contributed by atoms with Crippen LogP contribution in [0.5, 0.6) is 0 Å². The van der Waals surface area contributed by atoms with Crippen LogP contribution in [0.3, 0.4) is 0 Å². The summed E-state index contributed by atoms with van der Waals surface area (Å²) in [6, 6.07) is 0. The Balaban J connectivity index is 2.18. The Kier molecular flexibility index (Phi) is 1.64. The first kappa shape index (κ1) is 7.49. The van der Waals surface area contributed by atoms with Crippen LogP contribution in [-0.4, -0.2) is 48.3 Å². The fourth-order valence-corrected chi connectivity index (χ4v) is 1.72. The van der Waals surface area contributed by atoms with E-state index < -0.39 is 0 Å². The third-order valence-electron chi connectivity index (χ3n) is 2.54. The third-order valence-corrected chi connectivity index (χ3v) is 2.54. The summed E-state index contributed by atoms with van der Waals surface area (Å²) in [6.45, 7) is 3.86. The first-order valence-corrected chi connectivity index (χ1v) is 3.85. The van der Waals surface area contributed by atoms with Gasteiger partial charge in [-0.3, -0.25) is 0 Å². The molecule has 2 heterocycles. The fraction of sp³-hybridized carbons (Fsp3) is 1.00. The second kappa shape index (κ2) is 2.42. The molecule has 0 aliphatic carbocycles. The Morgan fingerprint density at radius 3 is 3.09 bits per heavy atom. The highest BCUT2D eigenvalue weighted by Crippen LogP contribution is 2.31. The number of rotatable bonds is 1. The molecule has 4 nitrogen and oxygen atoms in total. The molecule has 2 fully saturated rings. The Hall–Kier alpha value is -0.160. The van der Waals surface area contributed by atoms with Gasteiger partial charge in [-0.1, -0.05) is 0 Å². The highest BCUT2D eigenvalue weighted by atomic mass is 16.6. The summed E-state index contributed by atoms with van der Waals surface area (Å²) in [5.41, 5.74) is -0.237. The number of aliphatic hydroxyl groups is 1. The standard InChI is InChI=1S/C7H13NO3/c1-6-8-5-10-3-7(8,2-9)4-11-6/h6,9H,2-5H2,1H3. The molecule has 2 atom stereocenters. The van der Waals surface area contributed by atoms with Crippen molar-refractivity contribution >= 4 is 0 Å². The molecule has 0 aromatic carbocycles. The number of fused-ring (bicyclic) bond motifs is 1. The van der Waals surface area contributed by atoms with E-state index in [9.17, 15) is 0 Å². The molecule has 64 valence electrons. The second-order valence-corrected chi connectivity index (χ2v) is 3.24. The van der Waals surface area contributed by atoms with Gasteiger partial charge < -0.3 is 14.6 Å². The Morgan fingerprint density at radius 2 is 2.45 bits per heavy atom. The highest BCUT2D eigenvalue weighted by Gasteiger charge is 2.49. The molecular formula is C7H13NO3. The molecule has 2 aliphatic rings. The van der Waals surface area contributed by atoms with E-state index in [2.05, 4.69) is 4.90 Å². The van der Waals surface area contributed by atoms with Gasteiger partial charge in [0.15, 0.2) is 0 Å². The molecule has 0 radical (unpaired) electrons. The largest absolute Gasteiger partial charge is 0.394 e. The average molecular weight is 159 g/mol. The lowest BCUT2D eigenvalue weighted by atomic mass is 10.0. The minimum absolute atomic E-state index is 0.0876. The number of aliphatic hydroxyl groups excluding tert-OH is 1. The van der Waals surface area contributed by atoms with Gasteiger partial charge in [-0.25, -0.2) is 4.90 Å². The second-order valence-electron chi connectivity index (χ2n) is 3.24. The van der Waals surface area contributed by atoms with Crippen molar-refractivity contribution in [2.75, 3.05) is 26.6 Å². The van der Waals surface area contributed by atoms with Gasteiger partial charge in [-0.05, 0) is 6.92 Å². The van der Waals surface area contributed by atoms with Gasteiger partial charge in [0.1, 0.15) is 13.0 Å². The third kappa shape index (κ3) is 0.906. The molecule has 0 saturated carbocycles. The van der Waals surface area contributed by atoms with Crippen molar-refractivity contribution < 1.29 is 14.6 Å². The van der Waals surface area contributed by atoms with Crippen LogP contribution < -0.4 is 0 Å². The summed E-state index contributed by atoms with van der Waals surface area (Å²) in [5, 5.41) is 9.14. The van der Waals surface area contributed by atoms with E-state index in [-0.39, 0.29) is 18.4 Å². The highest BCUT2D eigenvalue weighted by molar-refractivity contribution is 4.97. The minimum Gasteiger partial charge on any atom is -0.394 e. The quantitative estimate of drug-likeness (QED) is 0.554. The molecule has 2 aliphatic heterocycles. The lowest BCUT2D eigenvalue weighted by Crippen LogP contribution is -2.48. The summed E-state index contributed by atoms with van der Waals surface area (Å²) in [7, 11) is 0. The van der Waals surface area contributed by atoms with Crippen LogP contribution in [0.25, 0.3) is 0 Å². The summed E-state index contributed by atoms with van der Waals surface area (Å²) >= 11 is 0. The van der Waals surface area contributed by atoms with Crippen LogP contribution in [0.2, 0.25) is 0 Å². The van der Waals surface area contributed by atoms with Crippen molar-refractivity contribution in [3.63, 3.8) is 0 Å². The van der Waals surface area contributed by atoms with Gasteiger partial charge in [-0.2, -0.15) is 0 Å². The lowest BCUT2D eigenvalue weighted by molar-refractivity contribution is 0.00712. The van der Waals surface area contributed by atoms with Crippen molar-refractivity contribution in [3.8, 4) is 0 Å². The number of nitrogens with zero attached hydrogens (tertiary/aromatic N) is 1. The van der Waals surface area contributed by atoms with Crippen molar-refractivity contribution in [1.29, 1.82) is 0 Å². The van der Waals surface area contributed by atoms with Crippen LogP contribution in [0, 0.1) is 0 Å². The van der Waals surface area contributed by atoms with Crippen molar-refractivity contribution in [1.82, 2.24) is 4.90 Å². The topological polar surface area (TPSA) is 41.9 Å². The zero-order chi connectivity index (χ0) is 7.90. The maximum absolute atomic E-state index is 9.14. The summed E-state index contributed by atoms with van der Waals surface area (Å²) < 4.78 is 10.7. The van der Waals surface area contributed by atoms with E-state index >= 15 is 0 Å². The summed E-state index contributed by atoms with van der Waals surface area (Å²) in [4.78, 5) is 2.06. The first-order valence-electron chi connectivity index (χ1n) is 3.85. The SMILES string of the molecule is CC1OCC2(CO)COCN12. The van der Waals surface area contributed by atoms with Gasteiger partial charge in [0.25, 0.3) is 0 Å². The molecule has 0 bridgehead atoms. The summed E-state index contributed by atoms with van der Waals surface area (Å²) in [5.74, 6) is 0. The predicted molar refractivity (Wildman–Crippen MR) is 37.9 cm³/mol. The van der Waals surface area contributed by atoms with Crippen molar-refractivity contribution in [3.05, 3.63) is 0 Å². The van der Waals surface area contributed by atoms with Crippen LogP contribution in [-0.2, 0) is 9.47 Å². The van der Waals surface area contributed by atoms with Crippen LogP contribution >= 0.6 is 0 Å². The van der Waals surface area contributed by atoms with Gasteiger partial charge >= 0.3 is 0 Å². The Morgan fingerprint density at radius 1 is 1.64 bits per heavy atom. The van der Waals surface area contributed by atoms with Gasteiger partial charge in [-0.15, -0.1) is 0 Å². The monoisotopic (exact) mass is 159 g/mol. The van der Waals surface area contributed by atoms with E-state index in [0.717, 1.165) is 0 Å². The molecule has 0 aromatic rings. The zero-order valence-electron chi connectivity index (χ0n) is 6.62. The maximum atomic E-state index is 9.14. The van der Waals surface area contributed by atoms with E-state index in [4.69, 9.17) is 14.6 Å². The van der Waals surface area contributed by atoms with Crippen LogP contribution in [0.4, 0.5) is 0 Å². The minimum atomic E-state index is -0.237. The maximum Gasteiger partial charge on any atom is 0.110 e. The normalized spacial score (nSPS) is 44.7. The lowest BCUT2D eigenvalue weighted by Gasteiger charge is -2.26. The molecule has 0 aromatic heterocycles. The van der Waals surface area contributed by atoms with Crippen molar-refractivity contribution in [2.24, 2.45) is 0 Å². The molecule has 0 amide bonds. The molecule has 4 heteroatoms. The van der Waals surface area contributed by atoms with Gasteiger partial charge in [0.2, 0.25) is 0 Å². The van der Waals surface area contributed by atoms with E-state index in [1.54, 1.807) is 0 Å². The number of ether oxygens (including phenoxy) is 2. The summed E-state index contributed by atoms with van der Waals surface area (Å²) in [6.07, 6.45) is 0.0876. The number of hydrogen-bond donors (Lipinski definition) is 1. The van der Waals surface area contributed by atoms with Crippen LogP contribution in [0.15, 0.2) is 0 Å². The molecule has 1 N–H and O–H groups in total. The van der Waals surface area contributed by atoms with Gasteiger partial charge in [0, 0.05) is 0 Å². The van der Waals surface area contributed by atoms with Gasteiger partial charge in [0.05, 0.1) is 25.4 Å². The smallest absolute Gasteiger partial charge is 0.110 e. The fourth-order valence-electron chi connectivity index (χ4n) is 1.72. The molecular weight excluding hydrogens is 146 g/mol. The van der Waals surface area contributed by atoms with E-state index in [1.807, 2.05) is 6.92 Å². The zero-order valence-corrected chi connectivity index (χ0v) is 6.62. The molecule has 2 saturated heterocycles. The Bertz CT molecular complexity index is 164. The number of hydrogen-bond acceptors (Lipinski definition) is 4. The van der Waals surface area contributed by atoms with E-state index in [1.165, 1.54) is 0 Å². The van der Waals surface area contributed by atoms with Crippen molar-refractivity contribution in [2.45, 2.75) is 18.7 Å². The molecule has 2 rings (SSSR count). The predicted octanol–water partition coefficient (Wildman–Crippen LogP) is -0.617. The first-order chi connectivity index (χ1) is 5.28. The molecule has 11 heavy (non-hydrogen) atoms. The average Bonchev–Trinajstić information content (AvgIpc) is 2.53. The molecule has 0 spiro atoms.